The summed E-state index contributed by atoms with van der Waals surface area (Å²) < 4.78 is 0. The summed E-state index contributed by atoms with van der Waals surface area (Å²) in [4.78, 5) is 27.5. The molecule has 0 radical (unpaired) electrons. The zero-order valence-electron chi connectivity index (χ0n) is 15.8. The maximum Gasteiger partial charge on any atom is 0.292 e. The summed E-state index contributed by atoms with van der Waals surface area (Å²) in [6, 6.07) is 6.83. The molecule has 1 aromatic rings. The molecule has 1 N–H and O–H groups in total. The van der Waals surface area contributed by atoms with Gasteiger partial charge in [-0.3, -0.25) is 14.9 Å². The van der Waals surface area contributed by atoms with Crippen molar-refractivity contribution in [1.29, 1.82) is 0 Å². The lowest BCUT2D eigenvalue weighted by Gasteiger charge is -2.37. The molecule has 2 saturated heterocycles. The second-order valence-electron chi connectivity index (χ2n) is 7.38. The molecule has 1 atom stereocenters. The Bertz CT molecular complexity index is 644. The standard InChI is InChI=1S/C19H28N4O3.ClH/c1-15(16-6-8-20-9-7-16)14-19(24)22-12-10-21(11-13-22)17-4-2-3-5-18(17)23(25)26;/h2-5,15-16,20H,6-14H2,1H3;1H. The summed E-state index contributed by atoms with van der Waals surface area (Å²) >= 11 is 0. The first-order chi connectivity index (χ1) is 12.6. The van der Waals surface area contributed by atoms with E-state index in [9.17, 15) is 14.9 Å². The van der Waals surface area contributed by atoms with E-state index in [-0.39, 0.29) is 28.9 Å². The maximum atomic E-state index is 12.7. The summed E-state index contributed by atoms with van der Waals surface area (Å²) in [7, 11) is 0. The van der Waals surface area contributed by atoms with Crippen molar-refractivity contribution in [3.05, 3.63) is 34.4 Å². The Morgan fingerprint density at radius 1 is 1.22 bits per heavy atom. The molecule has 2 aliphatic heterocycles. The fourth-order valence-electron chi connectivity index (χ4n) is 4.07. The number of nitro benzene ring substituents is 1. The molecule has 2 fully saturated rings. The van der Waals surface area contributed by atoms with Crippen molar-refractivity contribution in [3.63, 3.8) is 0 Å². The minimum absolute atomic E-state index is 0. The van der Waals surface area contributed by atoms with E-state index in [1.807, 2.05) is 15.9 Å². The number of rotatable bonds is 5. The number of nitro groups is 1. The van der Waals surface area contributed by atoms with Crippen LogP contribution in [0.25, 0.3) is 0 Å². The van der Waals surface area contributed by atoms with Crippen LogP contribution >= 0.6 is 12.4 Å². The van der Waals surface area contributed by atoms with E-state index in [0.29, 0.717) is 50.1 Å². The number of hydrogen-bond acceptors (Lipinski definition) is 5. The number of para-hydroxylation sites is 2. The predicted octanol–water partition coefficient (Wildman–Crippen LogP) is 2.69. The summed E-state index contributed by atoms with van der Waals surface area (Å²) in [6.45, 7) is 6.83. The number of benzene rings is 1. The summed E-state index contributed by atoms with van der Waals surface area (Å²) in [5.41, 5.74) is 0.777. The van der Waals surface area contributed by atoms with E-state index in [1.165, 1.54) is 6.07 Å². The van der Waals surface area contributed by atoms with Crippen molar-refractivity contribution in [2.45, 2.75) is 26.2 Å². The van der Waals surface area contributed by atoms with E-state index >= 15 is 0 Å². The van der Waals surface area contributed by atoms with E-state index in [0.717, 1.165) is 25.9 Å². The van der Waals surface area contributed by atoms with E-state index in [2.05, 4.69) is 12.2 Å². The van der Waals surface area contributed by atoms with Crippen molar-refractivity contribution in [1.82, 2.24) is 10.2 Å². The molecule has 150 valence electrons. The number of nitrogens with zero attached hydrogens (tertiary/aromatic N) is 3. The van der Waals surface area contributed by atoms with Gasteiger partial charge >= 0.3 is 0 Å². The molecule has 8 heteroatoms. The van der Waals surface area contributed by atoms with Gasteiger partial charge in [0.05, 0.1) is 4.92 Å². The van der Waals surface area contributed by atoms with Gasteiger partial charge in [-0.2, -0.15) is 0 Å². The lowest BCUT2D eigenvalue weighted by atomic mass is 9.84. The molecular weight excluding hydrogens is 368 g/mol. The lowest BCUT2D eigenvalue weighted by Crippen LogP contribution is -2.49. The highest BCUT2D eigenvalue weighted by Crippen LogP contribution is 2.29. The third-order valence-electron chi connectivity index (χ3n) is 5.74. The number of nitrogens with one attached hydrogen (secondary N) is 1. The Morgan fingerprint density at radius 2 is 1.85 bits per heavy atom. The normalized spacial score (nSPS) is 19.3. The molecule has 0 saturated carbocycles. The topological polar surface area (TPSA) is 78.7 Å². The monoisotopic (exact) mass is 396 g/mol. The third kappa shape index (κ3) is 5.32. The van der Waals surface area contributed by atoms with Crippen molar-refractivity contribution >= 4 is 29.7 Å². The third-order valence-corrected chi connectivity index (χ3v) is 5.74. The Balaban J connectivity index is 0.00000261. The largest absolute Gasteiger partial charge is 0.362 e. The predicted molar refractivity (Wildman–Crippen MR) is 109 cm³/mol. The van der Waals surface area contributed by atoms with Crippen LogP contribution in [0.4, 0.5) is 11.4 Å². The van der Waals surface area contributed by atoms with Crippen LogP contribution in [0.1, 0.15) is 26.2 Å². The highest BCUT2D eigenvalue weighted by Gasteiger charge is 2.28. The fourth-order valence-corrected chi connectivity index (χ4v) is 4.07. The van der Waals surface area contributed by atoms with Crippen molar-refractivity contribution in [3.8, 4) is 0 Å². The van der Waals surface area contributed by atoms with Crippen LogP contribution in [0.5, 0.6) is 0 Å². The number of piperazine rings is 1. The molecule has 2 heterocycles. The second-order valence-corrected chi connectivity index (χ2v) is 7.38. The average molecular weight is 397 g/mol. The van der Waals surface area contributed by atoms with Crippen LogP contribution < -0.4 is 10.2 Å². The molecule has 0 bridgehead atoms. The number of halogens is 1. The molecule has 1 unspecified atom stereocenters. The van der Waals surface area contributed by atoms with Gasteiger partial charge in [-0.15, -0.1) is 12.4 Å². The van der Waals surface area contributed by atoms with Gasteiger partial charge in [0.15, 0.2) is 0 Å². The van der Waals surface area contributed by atoms with Crippen molar-refractivity contribution in [2.75, 3.05) is 44.2 Å². The van der Waals surface area contributed by atoms with Crippen LogP contribution in [-0.2, 0) is 4.79 Å². The molecule has 0 spiro atoms. The summed E-state index contributed by atoms with van der Waals surface area (Å²) in [6.07, 6.45) is 2.91. The Morgan fingerprint density at radius 3 is 2.48 bits per heavy atom. The first-order valence-electron chi connectivity index (χ1n) is 9.53. The number of carbonyl (C=O) groups excluding carboxylic acids is 1. The smallest absolute Gasteiger partial charge is 0.292 e. The van der Waals surface area contributed by atoms with Gasteiger partial charge in [0.2, 0.25) is 5.91 Å². The number of carbonyl (C=O) groups is 1. The zero-order valence-corrected chi connectivity index (χ0v) is 16.6. The van der Waals surface area contributed by atoms with Crippen molar-refractivity contribution < 1.29 is 9.72 Å². The minimum Gasteiger partial charge on any atom is -0.362 e. The highest BCUT2D eigenvalue weighted by molar-refractivity contribution is 5.85. The van der Waals surface area contributed by atoms with Gasteiger partial charge in [-0.05, 0) is 43.8 Å². The Labute approximate surface area is 166 Å². The molecule has 0 aromatic heterocycles. The van der Waals surface area contributed by atoms with E-state index in [1.54, 1.807) is 12.1 Å². The van der Waals surface area contributed by atoms with Crippen LogP contribution in [0.3, 0.4) is 0 Å². The second kappa shape index (κ2) is 9.90. The number of anilines is 1. The van der Waals surface area contributed by atoms with Crippen LogP contribution in [0.15, 0.2) is 24.3 Å². The van der Waals surface area contributed by atoms with Crippen molar-refractivity contribution in [2.24, 2.45) is 11.8 Å². The first kappa shape index (κ1) is 21.4. The SMILES string of the molecule is CC(CC(=O)N1CCN(c2ccccc2[N+](=O)[O-])CC1)C1CCNCC1.Cl. The van der Waals surface area contributed by atoms with Gasteiger partial charge in [0.25, 0.3) is 5.69 Å². The summed E-state index contributed by atoms with van der Waals surface area (Å²) in [5.74, 6) is 1.27. The van der Waals surface area contributed by atoms with Gasteiger partial charge in [-0.25, -0.2) is 0 Å². The van der Waals surface area contributed by atoms with Crippen LogP contribution in [0.2, 0.25) is 0 Å². The van der Waals surface area contributed by atoms with E-state index in [4.69, 9.17) is 0 Å². The molecule has 27 heavy (non-hydrogen) atoms. The Kier molecular flexibility index (Phi) is 7.86. The molecule has 7 nitrogen and oxygen atoms in total. The fraction of sp³-hybridized carbons (Fsp3) is 0.632. The summed E-state index contributed by atoms with van der Waals surface area (Å²) in [5, 5.41) is 14.6. The number of amides is 1. The van der Waals surface area contributed by atoms with Gasteiger partial charge in [0, 0.05) is 38.7 Å². The molecule has 1 amide bonds. The molecular formula is C19H29ClN4O3. The Hall–Kier alpha value is -1.86. The van der Waals surface area contributed by atoms with Gasteiger partial charge in [0.1, 0.15) is 5.69 Å². The molecule has 2 aliphatic rings. The molecule has 3 rings (SSSR count). The van der Waals surface area contributed by atoms with E-state index < -0.39 is 0 Å². The van der Waals surface area contributed by atoms with Gasteiger partial charge < -0.3 is 15.1 Å². The average Bonchev–Trinajstić information content (AvgIpc) is 2.68. The zero-order chi connectivity index (χ0) is 18.5. The lowest BCUT2D eigenvalue weighted by molar-refractivity contribution is -0.384. The number of hydrogen-bond donors (Lipinski definition) is 1. The highest BCUT2D eigenvalue weighted by atomic mass is 35.5. The minimum atomic E-state index is -0.340. The maximum absolute atomic E-state index is 12.7. The van der Waals surface area contributed by atoms with Crippen LogP contribution in [-0.4, -0.2) is 55.0 Å². The van der Waals surface area contributed by atoms with Crippen LogP contribution in [0, 0.1) is 22.0 Å². The molecule has 0 aliphatic carbocycles. The molecule has 1 aromatic carbocycles. The number of piperidine rings is 1. The van der Waals surface area contributed by atoms with Gasteiger partial charge in [-0.1, -0.05) is 19.1 Å². The quantitative estimate of drug-likeness (QED) is 0.611. The first-order valence-corrected chi connectivity index (χ1v) is 9.53.